The van der Waals surface area contributed by atoms with Gasteiger partial charge in [-0.25, -0.2) is 4.39 Å². The average Bonchev–Trinajstić information content (AvgIpc) is 2.04. The molecular formula is C9H9FNO. The maximum atomic E-state index is 12.4. The molecule has 1 aromatic rings. The van der Waals surface area contributed by atoms with Crippen molar-refractivity contribution in [3.05, 3.63) is 37.0 Å². The highest BCUT2D eigenvalue weighted by atomic mass is 19.1. The van der Waals surface area contributed by atoms with Crippen LogP contribution in [0.2, 0.25) is 0 Å². The quantitative estimate of drug-likeness (QED) is 0.620. The zero-order chi connectivity index (χ0) is 9.14. The van der Waals surface area contributed by atoms with E-state index in [-0.39, 0.29) is 11.7 Å². The van der Waals surface area contributed by atoms with Gasteiger partial charge in [-0.3, -0.25) is 4.79 Å². The summed E-state index contributed by atoms with van der Waals surface area (Å²) in [4.78, 5) is 12.1. The maximum absolute atomic E-state index is 12.4. The molecule has 1 amide bonds. The molecule has 3 heteroatoms. The second-order valence-corrected chi connectivity index (χ2v) is 2.43. The first-order valence-corrected chi connectivity index (χ1v) is 3.46. The Morgan fingerprint density at radius 1 is 1.42 bits per heavy atom. The van der Waals surface area contributed by atoms with Crippen molar-refractivity contribution < 1.29 is 9.18 Å². The number of anilines is 1. The Labute approximate surface area is 70.6 Å². The van der Waals surface area contributed by atoms with Crippen molar-refractivity contribution >= 4 is 11.6 Å². The summed E-state index contributed by atoms with van der Waals surface area (Å²) in [5, 5.41) is 0. The van der Waals surface area contributed by atoms with Crippen LogP contribution in [0.4, 0.5) is 10.1 Å². The summed E-state index contributed by atoms with van der Waals surface area (Å²) in [5.74, 6) is -0.634. The standard InChI is InChI=1S/C9H9FNO/c1-7(12)11(2)9-5-3-8(10)4-6-9/h3-6H,1H2,2H3. The van der Waals surface area contributed by atoms with Crippen LogP contribution in [0.5, 0.6) is 0 Å². The van der Waals surface area contributed by atoms with Crippen molar-refractivity contribution in [1.29, 1.82) is 0 Å². The molecule has 0 fully saturated rings. The number of rotatable bonds is 1. The molecule has 1 radical (unpaired) electrons. The Bertz CT molecular complexity index is 281. The third-order valence-electron chi connectivity index (χ3n) is 1.59. The van der Waals surface area contributed by atoms with Gasteiger partial charge in [-0.1, -0.05) is 0 Å². The van der Waals surface area contributed by atoms with Gasteiger partial charge in [0.25, 0.3) is 0 Å². The van der Waals surface area contributed by atoms with Crippen LogP contribution in [0.15, 0.2) is 24.3 Å². The average molecular weight is 166 g/mol. The van der Waals surface area contributed by atoms with Crippen molar-refractivity contribution in [3.8, 4) is 0 Å². The lowest BCUT2D eigenvalue weighted by Crippen LogP contribution is -2.22. The van der Waals surface area contributed by atoms with E-state index in [1.165, 1.54) is 29.2 Å². The van der Waals surface area contributed by atoms with Crippen LogP contribution in [-0.2, 0) is 4.79 Å². The van der Waals surface area contributed by atoms with Crippen molar-refractivity contribution in [2.75, 3.05) is 11.9 Å². The summed E-state index contributed by atoms with van der Waals surface area (Å²) in [5.41, 5.74) is 0.636. The van der Waals surface area contributed by atoms with Gasteiger partial charge in [-0.2, -0.15) is 0 Å². The second kappa shape index (κ2) is 3.34. The molecule has 0 saturated carbocycles. The zero-order valence-electron chi connectivity index (χ0n) is 6.75. The van der Waals surface area contributed by atoms with E-state index in [0.717, 1.165) is 0 Å². The number of hydrogen-bond acceptors (Lipinski definition) is 1. The van der Waals surface area contributed by atoms with E-state index < -0.39 is 0 Å². The third kappa shape index (κ3) is 1.81. The van der Waals surface area contributed by atoms with Crippen molar-refractivity contribution in [1.82, 2.24) is 0 Å². The van der Waals surface area contributed by atoms with Gasteiger partial charge in [-0.15, -0.1) is 0 Å². The Kier molecular flexibility index (Phi) is 2.43. The van der Waals surface area contributed by atoms with E-state index in [4.69, 9.17) is 0 Å². The molecular weight excluding hydrogens is 157 g/mol. The molecule has 2 nitrogen and oxygen atoms in total. The molecule has 12 heavy (non-hydrogen) atoms. The Morgan fingerprint density at radius 3 is 2.33 bits per heavy atom. The first-order valence-electron chi connectivity index (χ1n) is 3.46. The molecule has 0 N–H and O–H groups in total. The van der Waals surface area contributed by atoms with Crippen molar-refractivity contribution in [2.45, 2.75) is 0 Å². The smallest absolute Gasteiger partial charge is 0.227 e. The molecule has 0 spiro atoms. The van der Waals surface area contributed by atoms with Gasteiger partial charge < -0.3 is 4.90 Å². The third-order valence-corrected chi connectivity index (χ3v) is 1.59. The van der Waals surface area contributed by atoms with E-state index in [9.17, 15) is 9.18 Å². The SMILES string of the molecule is [CH2]C(=O)N(C)c1ccc(F)cc1. The van der Waals surface area contributed by atoms with Crippen LogP contribution in [0, 0.1) is 12.7 Å². The van der Waals surface area contributed by atoms with E-state index in [2.05, 4.69) is 6.92 Å². The van der Waals surface area contributed by atoms with Crippen LogP contribution in [0.1, 0.15) is 0 Å². The summed E-state index contributed by atoms with van der Waals surface area (Å²) in [7, 11) is 1.59. The fraction of sp³-hybridized carbons (Fsp3) is 0.111. The number of carbonyl (C=O) groups excluding carboxylic acids is 1. The zero-order valence-corrected chi connectivity index (χ0v) is 6.75. The highest BCUT2D eigenvalue weighted by Crippen LogP contribution is 2.12. The number of carbonyl (C=O) groups is 1. The topological polar surface area (TPSA) is 20.3 Å². The fourth-order valence-electron chi connectivity index (χ4n) is 0.809. The molecule has 0 aliphatic carbocycles. The number of nitrogens with zero attached hydrogens (tertiary/aromatic N) is 1. The van der Waals surface area contributed by atoms with E-state index >= 15 is 0 Å². The fourth-order valence-corrected chi connectivity index (χ4v) is 0.809. The number of benzene rings is 1. The molecule has 0 aromatic heterocycles. The predicted octanol–water partition coefficient (Wildman–Crippen LogP) is 1.62. The molecule has 0 atom stereocenters. The van der Waals surface area contributed by atoms with Crippen LogP contribution in [-0.4, -0.2) is 13.0 Å². The molecule has 0 unspecified atom stereocenters. The van der Waals surface area contributed by atoms with Crippen LogP contribution in [0.3, 0.4) is 0 Å². The van der Waals surface area contributed by atoms with E-state index in [1.54, 1.807) is 7.05 Å². The number of halogens is 1. The van der Waals surface area contributed by atoms with Crippen molar-refractivity contribution in [2.24, 2.45) is 0 Å². The van der Waals surface area contributed by atoms with E-state index in [1.807, 2.05) is 0 Å². The van der Waals surface area contributed by atoms with Crippen LogP contribution >= 0.6 is 0 Å². The summed E-state index contributed by atoms with van der Waals surface area (Å²) < 4.78 is 12.4. The molecule has 1 aromatic carbocycles. The summed E-state index contributed by atoms with van der Waals surface area (Å²) in [6.45, 7) is 3.23. The molecule has 0 aliphatic heterocycles. The van der Waals surface area contributed by atoms with Gasteiger partial charge in [0.05, 0.1) is 0 Å². The lowest BCUT2D eigenvalue weighted by atomic mass is 10.3. The molecule has 0 saturated heterocycles. The van der Waals surface area contributed by atoms with Crippen LogP contribution in [0.25, 0.3) is 0 Å². The lowest BCUT2D eigenvalue weighted by Gasteiger charge is -2.13. The minimum atomic E-state index is -0.318. The van der Waals surface area contributed by atoms with Gasteiger partial charge in [0.2, 0.25) is 5.91 Å². The molecule has 0 heterocycles. The number of amides is 1. The largest absolute Gasteiger partial charge is 0.315 e. The summed E-state index contributed by atoms with van der Waals surface area (Å²) in [6.07, 6.45) is 0. The first-order chi connectivity index (χ1) is 5.61. The molecule has 0 aliphatic rings. The summed E-state index contributed by atoms with van der Waals surface area (Å²) in [6, 6.07) is 5.65. The normalized spacial score (nSPS) is 9.58. The molecule has 63 valence electrons. The van der Waals surface area contributed by atoms with Gasteiger partial charge >= 0.3 is 0 Å². The molecule has 0 bridgehead atoms. The predicted molar refractivity (Wildman–Crippen MR) is 45.2 cm³/mol. The minimum absolute atomic E-state index is 0.316. The minimum Gasteiger partial charge on any atom is -0.315 e. The van der Waals surface area contributed by atoms with Gasteiger partial charge in [0, 0.05) is 19.7 Å². The first kappa shape index (κ1) is 8.71. The van der Waals surface area contributed by atoms with Gasteiger partial charge in [0.15, 0.2) is 0 Å². The molecule has 1 rings (SSSR count). The van der Waals surface area contributed by atoms with E-state index in [0.29, 0.717) is 5.69 Å². The second-order valence-electron chi connectivity index (χ2n) is 2.43. The Hall–Kier alpha value is -1.38. The van der Waals surface area contributed by atoms with Crippen LogP contribution < -0.4 is 4.90 Å². The summed E-state index contributed by atoms with van der Waals surface area (Å²) >= 11 is 0. The van der Waals surface area contributed by atoms with Gasteiger partial charge in [-0.05, 0) is 24.3 Å². The number of hydrogen-bond donors (Lipinski definition) is 0. The Morgan fingerprint density at radius 2 is 1.92 bits per heavy atom. The van der Waals surface area contributed by atoms with Gasteiger partial charge in [0.1, 0.15) is 5.82 Å². The monoisotopic (exact) mass is 166 g/mol. The highest BCUT2D eigenvalue weighted by Gasteiger charge is 2.03. The van der Waals surface area contributed by atoms with Crippen molar-refractivity contribution in [3.63, 3.8) is 0 Å². The Balaban J connectivity index is 2.89. The highest BCUT2D eigenvalue weighted by molar-refractivity contribution is 5.95. The maximum Gasteiger partial charge on any atom is 0.227 e. The lowest BCUT2D eigenvalue weighted by molar-refractivity contribution is -0.114.